The fourth-order valence-corrected chi connectivity index (χ4v) is 10.3. The van der Waals surface area contributed by atoms with Crippen LogP contribution in [0.5, 0.6) is 0 Å². The predicted molar refractivity (Wildman–Crippen MR) is 320 cm³/mol. The first kappa shape index (κ1) is 57.6. The molecule has 0 atom stereocenters. The fraction of sp³-hybridized carbons (Fsp3) is 0.345. The van der Waals surface area contributed by atoms with Crippen molar-refractivity contribution < 1.29 is 24.0 Å². The number of rotatable bonds is 13. The number of aromatic nitrogens is 4. The number of H-pyrrole nitrogens is 2. The maximum absolute atomic E-state index is 12.8. The van der Waals surface area contributed by atoms with Crippen LogP contribution in [0.2, 0.25) is 0 Å². The number of nitrogens with one attached hydrogen (secondary N) is 6. The van der Waals surface area contributed by atoms with Crippen LogP contribution in [0.3, 0.4) is 0 Å². The summed E-state index contributed by atoms with van der Waals surface area (Å²) in [5.74, 6) is 0.00904. The Hall–Kier alpha value is -10.1. The third-order valence-corrected chi connectivity index (χ3v) is 15.1. The van der Waals surface area contributed by atoms with Gasteiger partial charge in [0.1, 0.15) is 11.6 Å². The lowest BCUT2D eigenvalue weighted by atomic mass is 10.2. The molecule has 4 aliphatic heterocycles. The van der Waals surface area contributed by atoms with Gasteiger partial charge >= 0.3 is 0 Å². The van der Waals surface area contributed by atoms with E-state index in [0.29, 0.717) is 69.4 Å². The molecule has 6 heterocycles. The Labute approximate surface area is 479 Å². The van der Waals surface area contributed by atoms with Crippen molar-refractivity contribution in [3.8, 4) is 6.07 Å². The van der Waals surface area contributed by atoms with Crippen LogP contribution in [0.1, 0.15) is 43.6 Å². The molecule has 4 fully saturated rings. The molecule has 10 rings (SSSR count). The molecule has 6 aromatic rings. The molecular weight excluding hydrogens is 1060 g/mol. The van der Waals surface area contributed by atoms with Gasteiger partial charge in [-0.3, -0.25) is 43.5 Å². The Morgan fingerprint density at radius 2 is 0.687 bits per heavy atom. The summed E-state index contributed by atoms with van der Waals surface area (Å²) in [5.41, 5.74) is 10.8. The molecule has 0 radical (unpaired) electrons. The molecule has 4 aromatic carbocycles. The third-order valence-electron chi connectivity index (χ3n) is 15.1. The maximum Gasteiger partial charge on any atom is 0.272 e. The smallest absolute Gasteiger partial charge is 0.272 e. The number of benzene rings is 4. The highest BCUT2D eigenvalue weighted by molar-refractivity contribution is 5.98. The van der Waals surface area contributed by atoms with Crippen molar-refractivity contribution >= 4 is 98.6 Å². The summed E-state index contributed by atoms with van der Waals surface area (Å²) in [6.07, 6.45) is 0. The van der Waals surface area contributed by atoms with Crippen LogP contribution in [-0.2, 0) is 19.2 Å². The third kappa shape index (κ3) is 14.4. The Balaban J connectivity index is 0.000000200. The van der Waals surface area contributed by atoms with E-state index >= 15 is 0 Å². The highest BCUT2D eigenvalue weighted by atomic mass is 16.2. The summed E-state index contributed by atoms with van der Waals surface area (Å²) in [7, 11) is 0. The summed E-state index contributed by atoms with van der Waals surface area (Å²) >= 11 is 0. The Kier molecular flexibility index (Phi) is 18.0. The number of nitriles is 1. The molecule has 5 amide bonds. The Morgan fingerprint density at radius 1 is 0.422 bits per heavy atom. The normalized spacial score (nSPS) is 15.4. The van der Waals surface area contributed by atoms with Gasteiger partial charge in [-0.2, -0.15) is 15.2 Å². The Bertz CT molecular complexity index is 3460. The summed E-state index contributed by atoms with van der Waals surface area (Å²) in [6.45, 7) is 17.9. The lowest BCUT2D eigenvalue weighted by Gasteiger charge is -2.35. The molecule has 2 aromatic heterocycles. The molecule has 4 aliphatic rings. The molecule has 25 heteroatoms. The van der Waals surface area contributed by atoms with E-state index in [4.69, 9.17) is 5.73 Å². The number of nitrogens with two attached hydrogens (primary N) is 1. The van der Waals surface area contributed by atoms with Crippen molar-refractivity contribution in [2.24, 2.45) is 5.73 Å². The number of amides is 5. The minimum Gasteiger partial charge on any atom is -0.368 e. The van der Waals surface area contributed by atoms with Crippen molar-refractivity contribution in [3.05, 3.63) is 129 Å². The number of carbonyl (C=O) groups excluding carboxylic acids is 5. The minimum atomic E-state index is -0.896. The summed E-state index contributed by atoms with van der Waals surface area (Å²) in [4.78, 5) is 114. The number of anilines is 12. The molecular formula is C58H68N18O7. The molecule has 25 nitrogen and oxygen atoms in total. The molecule has 4 saturated heterocycles. The molecule has 0 spiro atoms. The van der Waals surface area contributed by atoms with E-state index in [-0.39, 0.29) is 58.3 Å². The topological polar surface area (TPSA) is 301 Å². The van der Waals surface area contributed by atoms with Gasteiger partial charge in [0.2, 0.25) is 35.5 Å². The molecule has 83 heavy (non-hydrogen) atoms. The summed E-state index contributed by atoms with van der Waals surface area (Å²) in [5, 5.41) is 22.0. The second-order valence-electron chi connectivity index (χ2n) is 20.4. The predicted octanol–water partition coefficient (Wildman–Crippen LogP) is 4.16. The van der Waals surface area contributed by atoms with Crippen LogP contribution in [0.4, 0.5) is 69.0 Å². The molecule has 432 valence electrons. The molecule has 0 aliphatic carbocycles. The van der Waals surface area contributed by atoms with Crippen LogP contribution >= 0.6 is 0 Å². The van der Waals surface area contributed by atoms with Crippen molar-refractivity contribution in [1.29, 1.82) is 5.26 Å². The number of hydrogen-bond acceptors (Lipinski definition) is 18. The molecule has 0 saturated carbocycles. The zero-order valence-corrected chi connectivity index (χ0v) is 46.9. The van der Waals surface area contributed by atoms with Crippen molar-refractivity contribution in [2.75, 3.05) is 146 Å². The second kappa shape index (κ2) is 26.0. The Morgan fingerprint density at radius 3 is 0.964 bits per heavy atom. The largest absolute Gasteiger partial charge is 0.368 e. The summed E-state index contributed by atoms with van der Waals surface area (Å²) in [6, 6.07) is 32.6. The fourth-order valence-electron chi connectivity index (χ4n) is 10.3. The molecule has 0 bridgehead atoms. The van der Waals surface area contributed by atoms with Crippen molar-refractivity contribution in [1.82, 2.24) is 39.5 Å². The van der Waals surface area contributed by atoms with Gasteiger partial charge in [0.25, 0.3) is 17.0 Å². The number of piperazine rings is 4. The van der Waals surface area contributed by atoms with Crippen LogP contribution in [0.25, 0.3) is 0 Å². The van der Waals surface area contributed by atoms with Crippen molar-refractivity contribution in [3.63, 3.8) is 0 Å². The van der Waals surface area contributed by atoms with Gasteiger partial charge in [-0.1, -0.05) is 0 Å². The standard InChI is InChI=1S/C29H35N9O4.C29H33N9O3/c1-19(39)35-11-15-37(16-12-35)23-7-3-21(4-8-23)31-27-25(26(30)41)28(42)34-29(33-27)32-22-5-9-24(10-6-22)38-17-13-36(14-18-38)20(2)40;1-20(39)35-11-15-37(16-12-35)24-7-3-22(4-8-24)31-27-26(19-30)28(41)34-29(33-27)32-23-5-9-25(10-6-23)38-17-13-36(14-18-38)21(2)40/h3-10H,11-18H2,1-2H3,(H2,30,41)(H3,31,32,33,34,42);3-10H,11-18H2,1-2H3,(H3,31,32,33,34,41). The van der Waals surface area contributed by atoms with Crippen LogP contribution < -0.4 is 57.7 Å². The van der Waals surface area contributed by atoms with Gasteiger partial charge in [0.05, 0.1) is 0 Å². The van der Waals surface area contributed by atoms with Crippen molar-refractivity contribution in [2.45, 2.75) is 27.7 Å². The average Bonchev–Trinajstić information content (AvgIpc) is 3.58. The van der Waals surface area contributed by atoms with Gasteiger partial charge in [-0.15, -0.1) is 0 Å². The van der Waals surface area contributed by atoms with E-state index in [1.54, 1.807) is 27.7 Å². The van der Waals surface area contributed by atoms with Gasteiger partial charge in [0, 0.05) is 178 Å². The first-order valence-electron chi connectivity index (χ1n) is 27.5. The zero-order valence-electron chi connectivity index (χ0n) is 46.9. The minimum absolute atomic E-state index is 0.0385. The quantitative estimate of drug-likeness (QED) is 0.0854. The first-order valence-corrected chi connectivity index (χ1v) is 27.5. The van der Waals surface area contributed by atoms with E-state index in [1.165, 1.54) is 0 Å². The van der Waals surface area contributed by atoms with E-state index in [1.807, 2.05) is 123 Å². The monoisotopic (exact) mass is 1130 g/mol. The lowest BCUT2D eigenvalue weighted by Crippen LogP contribution is -2.48. The van der Waals surface area contributed by atoms with Gasteiger partial charge in [0.15, 0.2) is 17.2 Å². The SMILES string of the molecule is CC(=O)N1CCN(c2ccc(Nc3nc(Nc4ccc(N5CCN(C(C)=O)CC5)cc4)c(C#N)c(=O)[nH]3)cc2)CC1.CC(=O)N1CCN(c2ccc(Nc3nc(Nc4ccc(N5CCN(C(C)=O)CC5)cc4)c(C(N)=O)c(=O)[nH]3)cc2)CC1. The second-order valence-corrected chi connectivity index (χ2v) is 20.4. The van der Waals surface area contributed by atoms with Crippen LogP contribution in [0.15, 0.2) is 107 Å². The molecule has 8 N–H and O–H groups in total. The highest BCUT2D eigenvalue weighted by Crippen LogP contribution is 2.28. The van der Waals surface area contributed by atoms with E-state index in [2.05, 4.69) is 60.8 Å². The lowest BCUT2D eigenvalue weighted by molar-refractivity contribution is -0.129. The number of primary amides is 1. The van der Waals surface area contributed by atoms with E-state index in [9.17, 15) is 38.8 Å². The zero-order chi connectivity index (χ0) is 58.7. The highest BCUT2D eigenvalue weighted by Gasteiger charge is 2.24. The summed E-state index contributed by atoms with van der Waals surface area (Å²) < 4.78 is 0. The average molecular weight is 1130 g/mol. The number of aromatic amines is 2. The van der Waals surface area contributed by atoms with Crippen LogP contribution in [0, 0.1) is 11.3 Å². The van der Waals surface area contributed by atoms with Gasteiger partial charge in [-0.25, -0.2) is 0 Å². The molecule has 0 unspecified atom stereocenters. The first-order chi connectivity index (χ1) is 40.0. The van der Waals surface area contributed by atoms with Gasteiger partial charge in [-0.05, 0) is 97.1 Å². The maximum atomic E-state index is 12.8. The number of hydrogen-bond donors (Lipinski definition) is 7. The van der Waals surface area contributed by atoms with E-state index in [0.717, 1.165) is 80.8 Å². The number of carbonyl (C=O) groups is 5. The van der Waals surface area contributed by atoms with Crippen LogP contribution in [-0.4, -0.2) is 174 Å². The van der Waals surface area contributed by atoms with Gasteiger partial charge < -0.3 is 66.2 Å². The number of nitrogens with zero attached hydrogens (tertiary/aromatic N) is 11. The van der Waals surface area contributed by atoms with E-state index < -0.39 is 17.0 Å².